The molecule has 1 aromatic rings. The fourth-order valence-corrected chi connectivity index (χ4v) is 2.75. The summed E-state index contributed by atoms with van der Waals surface area (Å²) in [6.07, 6.45) is 7.25. The van der Waals surface area contributed by atoms with Crippen molar-refractivity contribution < 1.29 is 4.79 Å². The summed E-state index contributed by atoms with van der Waals surface area (Å²) in [4.78, 5) is 14.0. The number of amides is 1. The molecule has 20 heavy (non-hydrogen) atoms. The van der Waals surface area contributed by atoms with Crippen molar-refractivity contribution in [1.82, 2.24) is 4.90 Å². The molecule has 0 N–H and O–H groups in total. The van der Waals surface area contributed by atoms with Crippen LogP contribution < -0.4 is 0 Å². The van der Waals surface area contributed by atoms with Crippen LogP contribution in [0.3, 0.4) is 0 Å². The molecule has 0 radical (unpaired) electrons. The highest BCUT2D eigenvalue weighted by Gasteiger charge is 2.17. The number of carbonyl (C=O) groups is 1. The number of allylic oxidation sites excluding steroid dienone is 2. The second-order valence-corrected chi connectivity index (χ2v) is 6.21. The van der Waals surface area contributed by atoms with Gasteiger partial charge in [0.1, 0.15) is 0 Å². The molecule has 0 saturated heterocycles. The van der Waals surface area contributed by atoms with Crippen molar-refractivity contribution in [3.05, 3.63) is 48.0 Å². The number of halogens is 1. The maximum Gasteiger partial charge on any atom is 0.235 e. The van der Waals surface area contributed by atoms with Gasteiger partial charge in [0.15, 0.2) is 0 Å². The summed E-state index contributed by atoms with van der Waals surface area (Å²) < 4.78 is 0.0560. The predicted octanol–water partition coefficient (Wildman–Crippen LogP) is 4.24. The number of rotatable bonds is 8. The Morgan fingerprint density at radius 1 is 1.20 bits per heavy atom. The minimum Gasteiger partial charge on any atom is -0.342 e. The molecule has 0 aromatic heterocycles. The minimum atomic E-state index is 0.0560. The molecule has 110 valence electrons. The average Bonchev–Trinajstić information content (AvgIpc) is 2.49. The fraction of sp³-hybridized carbons (Fsp3) is 0.471. The van der Waals surface area contributed by atoms with E-state index in [4.69, 9.17) is 0 Å². The monoisotopic (exact) mass is 385 g/mol. The number of carbonyl (C=O) groups excluding carboxylic acids is 1. The van der Waals surface area contributed by atoms with Crippen LogP contribution in [-0.4, -0.2) is 27.8 Å². The highest BCUT2D eigenvalue weighted by atomic mass is 127. The Morgan fingerprint density at radius 2 is 1.85 bits per heavy atom. The zero-order valence-corrected chi connectivity index (χ0v) is 14.5. The molecule has 0 aliphatic heterocycles. The second kappa shape index (κ2) is 9.97. The molecule has 1 rings (SSSR count). The van der Waals surface area contributed by atoms with Crippen LogP contribution in [0.25, 0.3) is 0 Å². The summed E-state index contributed by atoms with van der Waals surface area (Å²) >= 11 is 2.25. The van der Waals surface area contributed by atoms with Crippen molar-refractivity contribution in [2.45, 2.75) is 37.0 Å². The molecule has 1 atom stereocenters. The lowest BCUT2D eigenvalue weighted by atomic mass is 10.1. The smallest absolute Gasteiger partial charge is 0.235 e. The van der Waals surface area contributed by atoms with E-state index in [0.717, 1.165) is 32.4 Å². The lowest BCUT2D eigenvalue weighted by molar-refractivity contribution is -0.129. The van der Waals surface area contributed by atoms with Crippen molar-refractivity contribution in [3.8, 4) is 0 Å². The van der Waals surface area contributed by atoms with Gasteiger partial charge in [-0.05, 0) is 38.7 Å². The standard InChI is InChI=1S/C17H24INO/c1-3-19(4-2)17(20)16(18)14-10-6-9-13-15-11-7-5-8-12-15/h5-8,10-12,16H,3-4,9,13-14H2,1-2H3/b10-6+. The number of hydrogen-bond donors (Lipinski definition) is 0. The van der Waals surface area contributed by atoms with Crippen LogP contribution in [-0.2, 0) is 11.2 Å². The van der Waals surface area contributed by atoms with Gasteiger partial charge in [-0.3, -0.25) is 4.79 Å². The normalized spacial score (nSPS) is 12.6. The van der Waals surface area contributed by atoms with Crippen LogP contribution in [0.1, 0.15) is 32.3 Å². The third-order valence-corrected chi connectivity index (χ3v) is 4.34. The van der Waals surface area contributed by atoms with Crippen molar-refractivity contribution in [2.24, 2.45) is 0 Å². The van der Waals surface area contributed by atoms with E-state index in [-0.39, 0.29) is 9.83 Å². The molecule has 1 amide bonds. The third kappa shape index (κ3) is 6.07. The predicted molar refractivity (Wildman–Crippen MR) is 94.3 cm³/mol. The van der Waals surface area contributed by atoms with Gasteiger partial charge in [-0.15, -0.1) is 0 Å². The molecule has 1 aromatic carbocycles. The molecule has 1 unspecified atom stereocenters. The van der Waals surface area contributed by atoms with E-state index >= 15 is 0 Å². The second-order valence-electron chi connectivity index (χ2n) is 4.71. The van der Waals surface area contributed by atoms with Gasteiger partial charge in [0.2, 0.25) is 5.91 Å². The molecular formula is C17H24INO. The average molecular weight is 385 g/mol. The maximum absolute atomic E-state index is 12.1. The quantitative estimate of drug-likeness (QED) is 0.373. The first-order valence-corrected chi connectivity index (χ1v) is 8.55. The Kier molecular flexibility index (Phi) is 8.58. The summed E-state index contributed by atoms with van der Waals surface area (Å²) in [5.41, 5.74) is 1.36. The number of aryl methyl sites for hydroxylation is 1. The van der Waals surface area contributed by atoms with Gasteiger partial charge in [0.05, 0.1) is 3.92 Å². The summed E-state index contributed by atoms with van der Waals surface area (Å²) in [6.45, 7) is 5.65. The Labute approximate surface area is 136 Å². The van der Waals surface area contributed by atoms with Crippen LogP contribution >= 0.6 is 22.6 Å². The number of alkyl halides is 1. The maximum atomic E-state index is 12.1. The van der Waals surface area contributed by atoms with E-state index in [1.54, 1.807) is 0 Å². The summed E-state index contributed by atoms with van der Waals surface area (Å²) in [5, 5.41) is 0. The van der Waals surface area contributed by atoms with E-state index in [1.807, 2.05) is 24.8 Å². The van der Waals surface area contributed by atoms with Gasteiger partial charge in [-0.1, -0.05) is 65.1 Å². The van der Waals surface area contributed by atoms with Crippen LogP contribution in [0.2, 0.25) is 0 Å². The Bertz CT molecular complexity index is 412. The van der Waals surface area contributed by atoms with Crippen LogP contribution in [0.4, 0.5) is 0 Å². The number of hydrogen-bond acceptors (Lipinski definition) is 1. The summed E-state index contributed by atoms with van der Waals surface area (Å²) in [5.74, 6) is 0.253. The Hall–Kier alpha value is -0.840. The topological polar surface area (TPSA) is 20.3 Å². The molecule has 0 spiro atoms. The van der Waals surface area contributed by atoms with Crippen LogP contribution in [0, 0.1) is 0 Å². The molecule has 0 aliphatic rings. The van der Waals surface area contributed by atoms with E-state index in [2.05, 4.69) is 59.0 Å². The lowest BCUT2D eigenvalue weighted by Gasteiger charge is -2.21. The first kappa shape index (κ1) is 17.2. The summed E-state index contributed by atoms with van der Waals surface area (Å²) in [7, 11) is 0. The van der Waals surface area contributed by atoms with Crippen LogP contribution in [0.15, 0.2) is 42.5 Å². The molecule has 0 bridgehead atoms. The summed E-state index contributed by atoms with van der Waals surface area (Å²) in [6, 6.07) is 10.5. The Balaban J connectivity index is 2.28. The van der Waals surface area contributed by atoms with E-state index < -0.39 is 0 Å². The fourth-order valence-electron chi connectivity index (χ4n) is 2.06. The third-order valence-electron chi connectivity index (χ3n) is 3.30. The number of nitrogens with zero attached hydrogens (tertiary/aromatic N) is 1. The zero-order chi connectivity index (χ0) is 14.8. The highest BCUT2D eigenvalue weighted by Crippen LogP contribution is 2.12. The SMILES string of the molecule is CCN(CC)C(=O)C(I)C/C=C/CCc1ccccc1. The van der Waals surface area contributed by atoms with E-state index in [0.29, 0.717) is 0 Å². The molecule has 0 fully saturated rings. The van der Waals surface area contributed by atoms with Gasteiger partial charge >= 0.3 is 0 Å². The van der Waals surface area contributed by atoms with Gasteiger partial charge in [0, 0.05) is 13.1 Å². The van der Waals surface area contributed by atoms with Crippen molar-refractivity contribution in [2.75, 3.05) is 13.1 Å². The van der Waals surface area contributed by atoms with E-state index in [9.17, 15) is 4.79 Å². The van der Waals surface area contributed by atoms with Crippen molar-refractivity contribution in [3.63, 3.8) is 0 Å². The van der Waals surface area contributed by atoms with E-state index in [1.165, 1.54) is 5.56 Å². The molecule has 0 saturated carbocycles. The molecule has 3 heteroatoms. The highest BCUT2D eigenvalue weighted by molar-refractivity contribution is 14.1. The van der Waals surface area contributed by atoms with Gasteiger partial charge in [0.25, 0.3) is 0 Å². The van der Waals surface area contributed by atoms with Crippen molar-refractivity contribution in [1.29, 1.82) is 0 Å². The minimum absolute atomic E-state index is 0.0560. The number of benzene rings is 1. The zero-order valence-electron chi connectivity index (χ0n) is 12.4. The lowest BCUT2D eigenvalue weighted by Crippen LogP contribution is -2.36. The largest absolute Gasteiger partial charge is 0.342 e. The van der Waals surface area contributed by atoms with Crippen LogP contribution in [0.5, 0.6) is 0 Å². The Morgan fingerprint density at radius 3 is 2.45 bits per heavy atom. The van der Waals surface area contributed by atoms with Crippen molar-refractivity contribution >= 4 is 28.5 Å². The first-order chi connectivity index (χ1) is 9.69. The molecule has 0 aliphatic carbocycles. The first-order valence-electron chi connectivity index (χ1n) is 7.30. The molecule has 2 nitrogen and oxygen atoms in total. The van der Waals surface area contributed by atoms with Gasteiger partial charge in [-0.25, -0.2) is 0 Å². The van der Waals surface area contributed by atoms with Gasteiger partial charge < -0.3 is 4.90 Å². The molecule has 0 heterocycles. The van der Waals surface area contributed by atoms with Gasteiger partial charge in [-0.2, -0.15) is 0 Å². The molecular weight excluding hydrogens is 361 g/mol.